The lowest BCUT2D eigenvalue weighted by Crippen LogP contribution is -2.35. The summed E-state index contributed by atoms with van der Waals surface area (Å²) in [5.41, 5.74) is -0.0880. The van der Waals surface area contributed by atoms with Crippen molar-refractivity contribution in [3.63, 3.8) is 0 Å². The van der Waals surface area contributed by atoms with E-state index in [-0.39, 0.29) is 11.1 Å². The topological polar surface area (TPSA) is 68.3 Å². The summed E-state index contributed by atoms with van der Waals surface area (Å²) in [4.78, 5) is 27.6. The van der Waals surface area contributed by atoms with Gasteiger partial charge in [0.05, 0.1) is 7.11 Å². The molecule has 0 saturated carbocycles. The van der Waals surface area contributed by atoms with Crippen molar-refractivity contribution < 1.29 is 23.1 Å². The molecule has 0 saturated heterocycles. The van der Waals surface area contributed by atoms with Gasteiger partial charge in [0.2, 0.25) is 0 Å². The number of carbonyl (C=O) groups excluding carboxylic acids is 2. The lowest BCUT2D eigenvalue weighted by molar-refractivity contribution is -0.143. The zero-order chi connectivity index (χ0) is 16.1. The first-order valence-electron chi connectivity index (χ1n) is 6.26. The van der Waals surface area contributed by atoms with Gasteiger partial charge in [-0.1, -0.05) is 0 Å². The number of hydrogen-bond donors (Lipinski definition) is 1. The highest BCUT2D eigenvalue weighted by molar-refractivity contribution is 5.96. The second kappa shape index (κ2) is 6.75. The van der Waals surface area contributed by atoms with Crippen LogP contribution in [0.4, 0.5) is 8.78 Å². The Morgan fingerprint density at radius 3 is 2.50 bits per heavy atom. The Hall–Kier alpha value is -2.83. The summed E-state index contributed by atoms with van der Waals surface area (Å²) < 4.78 is 31.7. The Balaban J connectivity index is 2.33. The molecule has 0 bridgehead atoms. The maximum atomic E-state index is 13.8. The van der Waals surface area contributed by atoms with Gasteiger partial charge < -0.3 is 10.1 Å². The number of amides is 1. The average molecular weight is 306 g/mol. The first kappa shape index (κ1) is 15.6. The zero-order valence-electron chi connectivity index (χ0n) is 11.5. The molecule has 0 spiro atoms. The predicted molar refractivity (Wildman–Crippen MR) is 72.8 cm³/mol. The number of halogens is 2. The number of pyridine rings is 1. The van der Waals surface area contributed by atoms with Gasteiger partial charge in [0.1, 0.15) is 11.6 Å². The smallest absolute Gasteiger partial charge is 0.333 e. The van der Waals surface area contributed by atoms with Gasteiger partial charge in [-0.25, -0.2) is 13.6 Å². The minimum absolute atomic E-state index is 0.223. The maximum absolute atomic E-state index is 13.8. The van der Waals surface area contributed by atoms with Crippen LogP contribution in [0.2, 0.25) is 0 Å². The number of rotatable bonds is 4. The number of methoxy groups -OCH3 is 1. The van der Waals surface area contributed by atoms with E-state index in [4.69, 9.17) is 0 Å². The minimum Gasteiger partial charge on any atom is -0.467 e. The molecule has 1 aromatic heterocycles. The Morgan fingerprint density at radius 2 is 1.86 bits per heavy atom. The largest absolute Gasteiger partial charge is 0.467 e. The molecule has 2 rings (SSSR count). The Morgan fingerprint density at radius 1 is 1.18 bits per heavy atom. The van der Waals surface area contributed by atoms with Crippen LogP contribution in [0.5, 0.6) is 0 Å². The summed E-state index contributed by atoms with van der Waals surface area (Å²) in [6.45, 7) is 0. The molecule has 0 aliphatic rings. The zero-order valence-corrected chi connectivity index (χ0v) is 11.5. The molecule has 22 heavy (non-hydrogen) atoms. The lowest BCUT2D eigenvalue weighted by atomic mass is 10.1. The number of hydrogen-bond acceptors (Lipinski definition) is 4. The fourth-order valence-corrected chi connectivity index (χ4v) is 1.84. The summed E-state index contributed by atoms with van der Waals surface area (Å²) in [5.74, 6) is -3.11. The number of ether oxygens (including phenoxy) is 1. The number of aromatic nitrogens is 1. The number of esters is 1. The molecule has 0 unspecified atom stereocenters. The van der Waals surface area contributed by atoms with Crippen molar-refractivity contribution in [2.24, 2.45) is 0 Å². The normalized spacial score (nSPS) is 11.6. The van der Waals surface area contributed by atoms with Gasteiger partial charge in [-0.2, -0.15) is 0 Å². The van der Waals surface area contributed by atoms with E-state index >= 15 is 0 Å². The quantitative estimate of drug-likeness (QED) is 0.877. The summed E-state index contributed by atoms with van der Waals surface area (Å²) in [7, 11) is 1.09. The number of benzene rings is 1. The molecule has 0 aliphatic carbocycles. The van der Waals surface area contributed by atoms with Gasteiger partial charge in [-0.3, -0.25) is 9.78 Å². The van der Waals surface area contributed by atoms with Gasteiger partial charge in [0.15, 0.2) is 6.04 Å². The molecule has 1 atom stereocenters. The highest BCUT2D eigenvalue weighted by Gasteiger charge is 2.27. The predicted octanol–water partition coefficient (Wildman–Crippen LogP) is 2.00. The van der Waals surface area contributed by atoms with E-state index in [0.29, 0.717) is 0 Å². The van der Waals surface area contributed by atoms with Gasteiger partial charge in [-0.15, -0.1) is 0 Å². The molecule has 2 aromatic rings. The Labute approximate surface area is 124 Å². The van der Waals surface area contributed by atoms with Crippen molar-refractivity contribution in [2.75, 3.05) is 7.11 Å². The van der Waals surface area contributed by atoms with Crippen molar-refractivity contribution in [1.82, 2.24) is 10.3 Å². The fourth-order valence-electron chi connectivity index (χ4n) is 1.84. The van der Waals surface area contributed by atoms with Crippen LogP contribution in [0.3, 0.4) is 0 Å². The number of nitrogens with zero attached hydrogens (tertiary/aromatic N) is 1. The summed E-state index contributed by atoms with van der Waals surface area (Å²) >= 11 is 0. The highest BCUT2D eigenvalue weighted by atomic mass is 19.1. The first-order valence-corrected chi connectivity index (χ1v) is 6.26. The van der Waals surface area contributed by atoms with Crippen molar-refractivity contribution in [3.05, 3.63) is 65.5 Å². The van der Waals surface area contributed by atoms with E-state index in [1.54, 1.807) is 0 Å². The third-order valence-electron chi connectivity index (χ3n) is 2.92. The maximum Gasteiger partial charge on any atom is 0.333 e. The highest BCUT2D eigenvalue weighted by Crippen LogP contribution is 2.20. The molecule has 1 amide bonds. The van der Waals surface area contributed by atoms with Gasteiger partial charge in [-0.05, 0) is 30.3 Å². The van der Waals surface area contributed by atoms with Gasteiger partial charge >= 0.3 is 5.97 Å². The lowest BCUT2D eigenvalue weighted by Gasteiger charge is -2.17. The second-order valence-corrected chi connectivity index (χ2v) is 4.33. The van der Waals surface area contributed by atoms with Crippen LogP contribution >= 0.6 is 0 Å². The van der Waals surface area contributed by atoms with Crippen LogP contribution < -0.4 is 5.32 Å². The average Bonchev–Trinajstić information content (AvgIpc) is 2.55. The van der Waals surface area contributed by atoms with Crippen LogP contribution in [0.15, 0.2) is 42.7 Å². The molecule has 5 nitrogen and oxygen atoms in total. The van der Waals surface area contributed by atoms with Gasteiger partial charge in [0, 0.05) is 23.5 Å². The standard InChI is InChI=1S/C15H12F2N2O3/c1-22-15(21)13(11-8-10(16)2-3-12(11)17)19-14(20)9-4-6-18-7-5-9/h2-8,13H,1H3,(H,19,20)/t13-/m0/s1. The molecule has 0 aliphatic heterocycles. The summed E-state index contributed by atoms with van der Waals surface area (Å²) in [6.07, 6.45) is 2.79. The molecule has 0 fully saturated rings. The van der Waals surface area contributed by atoms with Crippen LogP contribution in [0.25, 0.3) is 0 Å². The molecule has 1 aromatic carbocycles. The number of nitrogens with one attached hydrogen (secondary N) is 1. The molecular weight excluding hydrogens is 294 g/mol. The van der Waals surface area contributed by atoms with E-state index in [1.165, 1.54) is 24.5 Å². The fraction of sp³-hybridized carbons (Fsp3) is 0.133. The SMILES string of the molecule is COC(=O)[C@@H](NC(=O)c1ccncc1)c1cc(F)ccc1F. The molecule has 1 heterocycles. The van der Waals surface area contributed by atoms with Crippen LogP contribution in [-0.4, -0.2) is 24.0 Å². The van der Waals surface area contributed by atoms with Crippen molar-refractivity contribution in [1.29, 1.82) is 0 Å². The van der Waals surface area contributed by atoms with Crippen LogP contribution in [-0.2, 0) is 9.53 Å². The van der Waals surface area contributed by atoms with E-state index in [2.05, 4.69) is 15.0 Å². The minimum atomic E-state index is -1.46. The van der Waals surface area contributed by atoms with Gasteiger partial charge in [0.25, 0.3) is 5.91 Å². The van der Waals surface area contributed by atoms with Crippen LogP contribution in [0, 0.1) is 11.6 Å². The molecule has 0 radical (unpaired) electrons. The van der Waals surface area contributed by atoms with E-state index in [0.717, 1.165) is 25.3 Å². The molecule has 7 heteroatoms. The molecular formula is C15H12F2N2O3. The van der Waals surface area contributed by atoms with Crippen molar-refractivity contribution in [2.45, 2.75) is 6.04 Å². The van der Waals surface area contributed by atoms with E-state index in [1.807, 2.05) is 0 Å². The third-order valence-corrected chi connectivity index (χ3v) is 2.92. The van der Waals surface area contributed by atoms with Crippen molar-refractivity contribution in [3.8, 4) is 0 Å². The second-order valence-electron chi connectivity index (χ2n) is 4.33. The molecule has 1 N–H and O–H groups in total. The van der Waals surface area contributed by atoms with Crippen LogP contribution in [0.1, 0.15) is 22.0 Å². The third kappa shape index (κ3) is 3.43. The molecule has 114 valence electrons. The van der Waals surface area contributed by atoms with Crippen molar-refractivity contribution >= 4 is 11.9 Å². The van der Waals surface area contributed by atoms with E-state index < -0.39 is 29.6 Å². The monoisotopic (exact) mass is 306 g/mol. The Kier molecular flexibility index (Phi) is 4.77. The Bertz CT molecular complexity index is 692. The number of carbonyl (C=O) groups is 2. The summed E-state index contributed by atoms with van der Waals surface area (Å²) in [6, 6.07) is 4.01. The first-order chi connectivity index (χ1) is 10.5. The summed E-state index contributed by atoms with van der Waals surface area (Å²) in [5, 5.41) is 2.32. The van der Waals surface area contributed by atoms with E-state index in [9.17, 15) is 18.4 Å².